The number of nitrogen functional groups attached to an aromatic ring is 1. The number of halogens is 1. The van der Waals surface area contributed by atoms with Crippen LogP contribution < -0.4 is 16.6 Å². The van der Waals surface area contributed by atoms with E-state index in [0.717, 1.165) is 6.07 Å². The van der Waals surface area contributed by atoms with Gasteiger partial charge in [0.15, 0.2) is 11.0 Å². The third kappa shape index (κ3) is 2.80. The van der Waals surface area contributed by atoms with Crippen LogP contribution in [0.4, 0.5) is 15.9 Å². The third-order valence-corrected chi connectivity index (χ3v) is 3.06. The minimum absolute atomic E-state index is 0.122. The van der Waals surface area contributed by atoms with Gasteiger partial charge in [-0.1, -0.05) is 23.9 Å². The van der Waals surface area contributed by atoms with Crippen LogP contribution in [0.1, 0.15) is 10.4 Å². The number of benzene rings is 1. The Labute approximate surface area is 117 Å². The molecule has 8 heteroatoms. The first-order chi connectivity index (χ1) is 9.52. The Balaban J connectivity index is 2.34. The highest BCUT2D eigenvalue weighted by Crippen LogP contribution is 2.15. The fourth-order valence-electron chi connectivity index (χ4n) is 1.51. The first-order valence-corrected chi connectivity index (χ1v) is 6.75. The van der Waals surface area contributed by atoms with Gasteiger partial charge in [0, 0.05) is 0 Å². The number of rotatable bonds is 3. The van der Waals surface area contributed by atoms with Gasteiger partial charge in [0.05, 0.1) is 5.56 Å². The van der Waals surface area contributed by atoms with Crippen molar-refractivity contribution in [1.29, 1.82) is 0 Å². The number of thioether (sulfide) groups is 1. The van der Waals surface area contributed by atoms with E-state index < -0.39 is 17.3 Å². The van der Waals surface area contributed by atoms with Crippen LogP contribution in [0.5, 0.6) is 0 Å². The number of carbonyl (C=O) groups excluding carboxylic acids is 1. The second-order valence-corrected chi connectivity index (χ2v) is 4.56. The van der Waals surface area contributed by atoms with E-state index >= 15 is 0 Å². The summed E-state index contributed by atoms with van der Waals surface area (Å²) >= 11 is 1.20. The summed E-state index contributed by atoms with van der Waals surface area (Å²) in [5.41, 5.74) is 4.64. The molecule has 0 unspecified atom stereocenters. The zero-order valence-corrected chi connectivity index (χ0v) is 11.3. The summed E-state index contributed by atoms with van der Waals surface area (Å²) in [7, 11) is 0. The van der Waals surface area contributed by atoms with Crippen LogP contribution in [0.25, 0.3) is 0 Å². The lowest BCUT2D eigenvalue weighted by molar-refractivity contribution is 0.102. The highest BCUT2D eigenvalue weighted by Gasteiger charge is 2.15. The van der Waals surface area contributed by atoms with Crippen LogP contribution in [0.2, 0.25) is 0 Å². The molecule has 4 N–H and O–H groups in total. The van der Waals surface area contributed by atoms with E-state index in [1.54, 1.807) is 6.26 Å². The van der Waals surface area contributed by atoms with E-state index in [1.807, 2.05) is 0 Å². The Bertz CT molecular complexity index is 717. The molecule has 0 spiro atoms. The predicted molar refractivity (Wildman–Crippen MR) is 75.4 cm³/mol. The SMILES string of the molecule is CSc1nc(N)c(NC(=O)c2ccccc2F)c(=O)[nH]1. The Morgan fingerprint density at radius 2 is 2.15 bits per heavy atom. The van der Waals surface area contributed by atoms with Crippen molar-refractivity contribution in [2.45, 2.75) is 5.16 Å². The molecule has 1 aromatic carbocycles. The lowest BCUT2D eigenvalue weighted by Crippen LogP contribution is -2.23. The number of nitrogens with two attached hydrogens (primary N) is 1. The number of H-pyrrole nitrogens is 1. The van der Waals surface area contributed by atoms with Gasteiger partial charge >= 0.3 is 0 Å². The average molecular weight is 294 g/mol. The van der Waals surface area contributed by atoms with Crippen molar-refractivity contribution in [3.8, 4) is 0 Å². The van der Waals surface area contributed by atoms with Gasteiger partial charge in [-0.3, -0.25) is 14.6 Å². The molecule has 0 aliphatic rings. The van der Waals surface area contributed by atoms with Crippen molar-refractivity contribution < 1.29 is 9.18 Å². The molecule has 0 saturated carbocycles. The Morgan fingerprint density at radius 3 is 2.75 bits per heavy atom. The number of aromatic amines is 1. The van der Waals surface area contributed by atoms with Crippen LogP contribution >= 0.6 is 11.8 Å². The molecule has 0 aliphatic carbocycles. The number of aromatic nitrogens is 2. The van der Waals surface area contributed by atoms with Crippen molar-refractivity contribution in [1.82, 2.24) is 9.97 Å². The van der Waals surface area contributed by atoms with Gasteiger partial charge in [-0.15, -0.1) is 0 Å². The molecule has 0 saturated heterocycles. The van der Waals surface area contributed by atoms with Gasteiger partial charge in [0.2, 0.25) is 0 Å². The lowest BCUT2D eigenvalue weighted by atomic mass is 10.2. The summed E-state index contributed by atoms with van der Waals surface area (Å²) in [4.78, 5) is 30.0. The maximum absolute atomic E-state index is 13.5. The van der Waals surface area contributed by atoms with E-state index in [0.29, 0.717) is 5.16 Å². The number of anilines is 2. The molecular weight excluding hydrogens is 283 g/mol. The molecule has 2 rings (SSSR count). The van der Waals surface area contributed by atoms with Crippen molar-refractivity contribution in [2.24, 2.45) is 0 Å². The monoisotopic (exact) mass is 294 g/mol. The maximum Gasteiger partial charge on any atom is 0.277 e. The summed E-state index contributed by atoms with van der Waals surface area (Å²) in [6.07, 6.45) is 1.72. The van der Waals surface area contributed by atoms with Crippen LogP contribution in [-0.2, 0) is 0 Å². The molecule has 0 atom stereocenters. The zero-order valence-electron chi connectivity index (χ0n) is 10.4. The summed E-state index contributed by atoms with van der Waals surface area (Å²) in [6.45, 7) is 0. The second kappa shape index (κ2) is 5.74. The van der Waals surface area contributed by atoms with Crippen molar-refractivity contribution in [3.63, 3.8) is 0 Å². The molecular formula is C12H11FN4O2S. The van der Waals surface area contributed by atoms with E-state index in [1.165, 1.54) is 30.0 Å². The summed E-state index contributed by atoms with van der Waals surface area (Å²) in [5, 5.41) is 2.60. The van der Waals surface area contributed by atoms with Gasteiger partial charge in [0.25, 0.3) is 11.5 Å². The molecule has 1 amide bonds. The number of nitrogens with zero attached hydrogens (tertiary/aromatic N) is 1. The Hall–Kier alpha value is -2.35. The topological polar surface area (TPSA) is 101 Å². The zero-order chi connectivity index (χ0) is 14.7. The minimum Gasteiger partial charge on any atom is -0.382 e. The molecule has 0 radical (unpaired) electrons. The maximum atomic E-state index is 13.5. The number of hydrogen-bond donors (Lipinski definition) is 3. The average Bonchev–Trinajstić information content (AvgIpc) is 2.42. The molecule has 0 bridgehead atoms. The molecule has 1 heterocycles. The molecule has 20 heavy (non-hydrogen) atoms. The highest BCUT2D eigenvalue weighted by molar-refractivity contribution is 7.98. The lowest BCUT2D eigenvalue weighted by Gasteiger charge is -2.08. The fourth-order valence-corrected chi connectivity index (χ4v) is 1.90. The molecule has 104 valence electrons. The normalized spacial score (nSPS) is 10.3. The van der Waals surface area contributed by atoms with E-state index in [4.69, 9.17) is 5.73 Å². The van der Waals surface area contributed by atoms with Gasteiger partial charge < -0.3 is 11.1 Å². The van der Waals surface area contributed by atoms with E-state index in [-0.39, 0.29) is 17.1 Å². The number of amides is 1. The molecule has 0 aliphatic heterocycles. The Kier molecular flexibility index (Phi) is 4.04. The Morgan fingerprint density at radius 1 is 1.45 bits per heavy atom. The summed E-state index contributed by atoms with van der Waals surface area (Å²) in [6, 6.07) is 5.43. The standard InChI is InChI=1S/C12H11FN4O2S/c1-20-12-16-9(14)8(11(19)17-12)15-10(18)6-4-2-3-5-7(6)13/h2-5H,1H3,(H,15,18)(H3,14,16,17,19). The molecule has 6 nitrogen and oxygen atoms in total. The summed E-state index contributed by atoms with van der Waals surface area (Å²) in [5.74, 6) is -1.57. The van der Waals surface area contributed by atoms with Crippen molar-refractivity contribution in [3.05, 3.63) is 46.0 Å². The molecule has 0 fully saturated rings. The highest BCUT2D eigenvalue weighted by atomic mass is 32.2. The number of carbonyl (C=O) groups is 1. The minimum atomic E-state index is -0.765. The van der Waals surface area contributed by atoms with Crippen molar-refractivity contribution in [2.75, 3.05) is 17.3 Å². The van der Waals surface area contributed by atoms with E-state index in [2.05, 4.69) is 15.3 Å². The van der Waals surface area contributed by atoms with Crippen LogP contribution in [0, 0.1) is 5.82 Å². The second-order valence-electron chi connectivity index (χ2n) is 3.77. The smallest absolute Gasteiger partial charge is 0.277 e. The summed E-state index contributed by atoms with van der Waals surface area (Å²) < 4.78 is 13.5. The first-order valence-electron chi connectivity index (χ1n) is 5.52. The van der Waals surface area contributed by atoms with Crippen LogP contribution in [0.15, 0.2) is 34.2 Å². The van der Waals surface area contributed by atoms with Gasteiger partial charge in [0.1, 0.15) is 11.5 Å². The first kappa shape index (κ1) is 14.1. The number of hydrogen-bond acceptors (Lipinski definition) is 5. The fraction of sp³-hybridized carbons (Fsp3) is 0.0833. The number of nitrogens with one attached hydrogen (secondary N) is 2. The molecule has 1 aromatic heterocycles. The van der Waals surface area contributed by atoms with Crippen LogP contribution in [-0.4, -0.2) is 22.1 Å². The third-order valence-electron chi connectivity index (χ3n) is 2.48. The predicted octanol–water partition coefficient (Wildman–Crippen LogP) is 1.47. The largest absolute Gasteiger partial charge is 0.382 e. The molecule has 2 aromatic rings. The van der Waals surface area contributed by atoms with Gasteiger partial charge in [-0.25, -0.2) is 9.37 Å². The van der Waals surface area contributed by atoms with Crippen molar-refractivity contribution >= 4 is 29.2 Å². The quantitative estimate of drug-likeness (QED) is 0.588. The van der Waals surface area contributed by atoms with Gasteiger partial charge in [-0.05, 0) is 18.4 Å². The van der Waals surface area contributed by atoms with E-state index in [9.17, 15) is 14.0 Å². The van der Waals surface area contributed by atoms with Gasteiger partial charge in [-0.2, -0.15) is 0 Å². The van der Waals surface area contributed by atoms with Crippen LogP contribution in [0.3, 0.4) is 0 Å².